The number of hydrogen-bond acceptors (Lipinski definition) is 1. The van der Waals surface area contributed by atoms with E-state index in [1.165, 1.54) is 11.3 Å². The fraction of sp³-hybridized carbons (Fsp3) is 0.267. The van der Waals surface area contributed by atoms with E-state index < -0.39 is 0 Å². The van der Waals surface area contributed by atoms with E-state index in [9.17, 15) is 4.79 Å². The number of carbonyl (C=O) groups is 1. The highest BCUT2D eigenvalue weighted by Gasteiger charge is 2.20. The van der Waals surface area contributed by atoms with E-state index in [4.69, 9.17) is 0 Å². The van der Waals surface area contributed by atoms with Gasteiger partial charge in [0, 0.05) is 29.6 Å². The molecule has 0 fully saturated rings. The fourth-order valence-electron chi connectivity index (χ4n) is 2.47. The summed E-state index contributed by atoms with van der Waals surface area (Å²) in [5, 5.41) is 0. The largest absolute Gasteiger partial charge is 0.320 e. The molecule has 1 heterocycles. The van der Waals surface area contributed by atoms with Crippen LogP contribution in [-0.2, 0) is 6.42 Å². The summed E-state index contributed by atoms with van der Waals surface area (Å²) in [6, 6.07) is 10.4. The van der Waals surface area contributed by atoms with Crippen LogP contribution in [0.15, 0.2) is 36.5 Å². The van der Waals surface area contributed by atoms with Crippen LogP contribution in [0.1, 0.15) is 34.5 Å². The lowest BCUT2D eigenvalue weighted by atomic mass is 9.97. The van der Waals surface area contributed by atoms with Crippen LogP contribution in [0.5, 0.6) is 0 Å². The van der Waals surface area contributed by atoms with Crippen LogP contribution in [0, 0.1) is 6.92 Å². The molecule has 1 aromatic carbocycles. The van der Waals surface area contributed by atoms with Crippen molar-refractivity contribution in [2.75, 3.05) is 0 Å². The summed E-state index contributed by atoms with van der Waals surface area (Å²) < 4.78 is 2.14. The third-order valence-electron chi connectivity index (χ3n) is 3.42. The van der Waals surface area contributed by atoms with Crippen molar-refractivity contribution in [3.63, 3.8) is 0 Å². The number of Topliss-reactive ketones (excluding diaryl/α,β-unsaturated/α-hetero) is 1. The first-order chi connectivity index (χ1) is 8.25. The van der Waals surface area contributed by atoms with Gasteiger partial charge in [0.2, 0.25) is 0 Å². The molecule has 0 amide bonds. The number of aromatic nitrogens is 1. The van der Waals surface area contributed by atoms with Gasteiger partial charge in [-0.05, 0) is 38.0 Å². The Morgan fingerprint density at radius 1 is 1.06 bits per heavy atom. The number of rotatable bonds is 1. The molecule has 1 aromatic heterocycles. The number of benzene rings is 1. The second-order valence-electron chi connectivity index (χ2n) is 4.66. The van der Waals surface area contributed by atoms with Crippen molar-refractivity contribution in [3.8, 4) is 5.69 Å². The Labute approximate surface area is 101 Å². The van der Waals surface area contributed by atoms with Gasteiger partial charge in [0.15, 0.2) is 5.78 Å². The SMILES string of the molecule is Cc1ccc(-n2ccc3c2CCCC3=O)cc1. The van der Waals surface area contributed by atoms with E-state index in [0.717, 1.165) is 24.1 Å². The molecule has 2 heteroatoms. The molecule has 86 valence electrons. The van der Waals surface area contributed by atoms with Gasteiger partial charge in [-0.25, -0.2) is 0 Å². The van der Waals surface area contributed by atoms with E-state index in [2.05, 4.69) is 35.8 Å². The van der Waals surface area contributed by atoms with Crippen molar-refractivity contribution in [2.24, 2.45) is 0 Å². The monoisotopic (exact) mass is 225 g/mol. The van der Waals surface area contributed by atoms with Crippen molar-refractivity contribution in [2.45, 2.75) is 26.2 Å². The van der Waals surface area contributed by atoms with E-state index >= 15 is 0 Å². The normalized spacial score (nSPS) is 14.8. The molecule has 17 heavy (non-hydrogen) atoms. The fourth-order valence-corrected chi connectivity index (χ4v) is 2.47. The standard InChI is InChI=1S/C15H15NO/c1-11-5-7-12(8-6-11)16-10-9-13-14(16)3-2-4-15(13)17/h5-10H,2-4H2,1H3. The maximum absolute atomic E-state index is 11.8. The Hall–Kier alpha value is -1.83. The van der Waals surface area contributed by atoms with Gasteiger partial charge in [0.1, 0.15) is 0 Å². The van der Waals surface area contributed by atoms with E-state index in [1.807, 2.05) is 12.3 Å². The van der Waals surface area contributed by atoms with Gasteiger partial charge in [-0.2, -0.15) is 0 Å². The second-order valence-corrected chi connectivity index (χ2v) is 4.66. The summed E-state index contributed by atoms with van der Waals surface area (Å²) in [6.45, 7) is 2.08. The predicted octanol–water partition coefficient (Wildman–Crippen LogP) is 3.30. The second kappa shape index (κ2) is 3.88. The minimum atomic E-state index is 0.289. The van der Waals surface area contributed by atoms with Crippen molar-refractivity contribution >= 4 is 5.78 Å². The van der Waals surface area contributed by atoms with Crippen LogP contribution in [-0.4, -0.2) is 10.4 Å². The zero-order valence-electron chi connectivity index (χ0n) is 9.94. The lowest BCUT2D eigenvalue weighted by Gasteiger charge is -2.15. The molecular weight excluding hydrogens is 210 g/mol. The molecule has 0 unspecified atom stereocenters. The van der Waals surface area contributed by atoms with Crippen molar-refractivity contribution in [1.29, 1.82) is 0 Å². The quantitative estimate of drug-likeness (QED) is 0.729. The Morgan fingerprint density at radius 3 is 2.59 bits per heavy atom. The molecule has 0 saturated heterocycles. The molecule has 0 saturated carbocycles. The molecular formula is C15H15NO. The van der Waals surface area contributed by atoms with Crippen LogP contribution in [0.4, 0.5) is 0 Å². The van der Waals surface area contributed by atoms with Gasteiger partial charge < -0.3 is 4.57 Å². The lowest BCUT2D eigenvalue weighted by molar-refractivity contribution is 0.0972. The number of fused-ring (bicyclic) bond motifs is 1. The van der Waals surface area contributed by atoms with Crippen LogP contribution >= 0.6 is 0 Å². The Balaban J connectivity index is 2.10. The summed E-state index contributed by atoms with van der Waals surface area (Å²) in [7, 11) is 0. The Kier molecular flexibility index (Phi) is 2.36. The number of carbonyl (C=O) groups excluding carboxylic acids is 1. The van der Waals surface area contributed by atoms with Gasteiger partial charge >= 0.3 is 0 Å². The first-order valence-electron chi connectivity index (χ1n) is 6.06. The maximum Gasteiger partial charge on any atom is 0.164 e. The third-order valence-corrected chi connectivity index (χ3v) is 3.42. The summed E-state index contributed by atoms with van der Waals surface area (Å²) >= 11 is 0. The van der Waals surface area contributed by atoms with E-state index in [-0.39, 0.29) is 5.78 Å². The number of ketones is 1. The lowest BCUT2D eigenvalue weighted by Crippen LogP contribution is -2.12. The van der Waals surface area contributed by atoms with Crippen LogP contribution < -0.4 is 0 Å². The number of aryl methyl sites for hydroxylation is 1. The van der Waals surface area contributed by atoms with Gasteiger partial charge in [-0.15, -0.1) is 0 Å². The smallest absolute Gasteiger partial charge is 0.164 e. The molecule has 0 atom stereocenters. The molecule has 0 N–H and O–H groups in total. The van der Waals surface area contributed by atoms with Gasteiger partial charge in [0.25, 0.3) is 0 Å². The Morgan fingerprint density at radius 2 is 1.82 bits per heavy atom. The molecule has 3 rings (SSSR count). The Bertz CT molecular complexity index is 563. The van der Waals surface area contributed by atoms with Crippen LogP contribution in [0.3, 0.4) is 0 Å². The molecule has 0 bridgehead atoms. The van der Waals surface area contributed by atoms with Crippen molar-refractivity contribution in [1.82, 2.24) is 4.57 Å². The molecule has 2 nitrogen and oxygen atoms in total. The minimum absolute atomic E-state index is 0.289. The highest BCUT2D eigenvalue weighted by Crippen LogP contribution is 2.25. The molecule has 0 spiro atoms. The number of hydrogen-bond donors (Lipinski definition) is 0. The first kappa shape index (κ1) is 10.3. The van der Waals surface area contributed by atoms with Gasteiger partial charge in [-0.1, -0.05) is 17.7 Å². The van der Waals surface area contributed by atoms with Crippen LogP contribution in [0.25, 0.3) is 5.69 Å². The first-order valence-corrected chi connectivity index (χ1v) is 6.06. The number of nitrogens with zero attached hydrogens (tertiary/aromatic N) is 1. The molecule has 2 aromatic rings. The highest BCUT2D eigenvalue weighted by molar-refractivity contribution is 5.98. The summed E-state index contributed by atoms with van der Waals surface area (Å²) in [5.74, 6) is 0.289. The maximum atomic E-state index is 11.8. The zero-order valence-corrected chi connectivity index (χ0v) is 9.94. The summed E-state index contributed by atoms with van der Waals surface area (Å²) in [4.78, 5) is 11.8. The summed E-state index contributed by atoms with van der Waals surface area (Å²) in [6.07, 6.45) is 4.69. The van der Waals surface area contributed by atoms with Crippen molar-refractivity contribution < 1.29 is 4.79 Å². The van der Waals surface area contributed by atoms with Crippen LogP contribution in [0.2, 0.25) is 0 Å². The minimum Gasteiger partial charge on any atom is -0.320 e. The van der Waals surface area contributed by atoms with Gasteiger partial charge in [0.05, 0.1) is 0 Å². The highest BCUT2D eigenvalue weighted by atomic mass is 16.1. The molecule has 0 aliphatic heterocycles. The van der Waals surface area contributed by atoms with E-state index in [1.54, 1.807) is 0 Å². The molecule has 0 radical (unpaired) electrons. The van der Waals surface area contributed by atoms with E-state index in [0.29, 0.717) is 6.42 Å². The topological polar surface area (TPSA) is 22.0 Å². The zero-order chi connectivity index (χ0) is 11.8. The average Bonchev–Trinajstić information content (AvgIpc) is 2.75. The molecule has 1 aliphatic rings. The third kappa shape index (κ3) is 1.70. The predicted molar refractivity (Wildman–Crippen MR) is 67.8 cm³/mol. The molecule has 1 aliphatic carbocycles. The van der Waals surface area contributed by atoms with Crippen molar-refractivity contribution in [3.05, 3.63) is 53.3 Å². The van der Waals surface area contributed by atoms with Gasteiger partial charge in [-0.3, -0.25) is 4.79 Å². The average molecular weight is 225 g/mol. The summed E-state index contributed by atoms with van der Waals surface area (Å²) in [5.41, 5.74) is 4.49.